The average Bonchev–Trinajstić information content (AvgIpc) is 3.08. The van der Waals surface area contributed by atoms with Crippen molar-refractivity contribution in [1.82, 2.24) is 4.98 Å². The summed E-state index contributed by atoms with van der Waals surface area (Å²) >= 11 is 7.04. The number of carbonyl (C=O) groups excluding carboxylic acids is 1. The predicted molar refractivity (Wildman–Crippen MR) is 100 cm³/mol. The van der Waals surface area contributed by atoms with Crippen molar-refractivity contribution in [3.8, 4) is 6.07 Å². The van der Waals surface area contributed by atoms with Crippen LogP contribution in [-0.2, 0) is 12.6 Å². The van der Waals surface area contributed by atoms with E-state index in [-0.39, 0.29) is 33.3 Å². The lowest BCUT2D eigenvalue weighted by Crippen LogP contribution is -2.11. The molecule has 0 fully saturated rings. The van der Waals surface area contributed by atoms with Gasteiger partial charge in [0.15, 0.2) is 5.13 Å². The number of nitrogens with one attached hydrogen (secondary N) is 1. The third-order valence-corrected chi connectivity index (χ3v) is 5.04. The van der Waals surface area contributed by atoms with Crippen LogP contribution in [0.4, 0.5) is 18.3 Å². The van der Waals surface area contributed by atoms with Crippen molar-refractivity contribution >= 4 is 34.0 Å². The number of aromatic nitrogens is 1. The summed E-state index contributed by atoms with van der Waals surface area (Å²) in [4.78, 5) is 16.8. The molecule has 1 heterocycles. The van der Waals surface area contributed by atoms with Crippen LogP contribution in [-0.4, -0.2) is 10.9 Å². The normalized spacial score (nSPS) is 11.1. The van der Waals surface area contributed by atoms with Crippen LogP contribution < -0.4 is 5.32 Å². The monoisotopic (exact) mass is 421 g/mol. The van der Waals surface area contributed by atoms with Gasteiger partial charge in [-0.15, -0.1) is 11.3 Å². The summed E-state index contributed by atoms with van der Waals surface area (Å²) in [6.07, 6.45) is -3.20. The second-order valence-corrected chi connectivity index (χ2v) is 7.25. The number of alkyl halides is 3. The number of halogens is 4. The summed E-state index contributed by atoms with van der Waals surface area (Å²) in [5.74, 6) is -0.458. The number of thiazole rings is 1. The lowest BCUT2D eigenvalue weighted by atomic mass is 10.0. The summed E-state index contributed by atoms with van der Waals surface area (Å²) in [5.41, 5.74) is -0.624. The van der Waals surface area contributed by atoms with E-state index < -0.39 is 17.6 Å². The molecule has 4 nitrogen and oxygen atoms in total. The maximum Gasteiger partial charge on any atom is 0.416 e. The van der Waals surface area contributed by atoms with Crippen LogP contribution in [0.25, 0.3) is 0 Å². The quantitative estimate of drug-likeness (QED) is 0.602. The van der Waals surface area contributed by atoms with E-state index in [1.54, 1.807) is 30.3 Å². The largest absolute Gasteiger partial charge is 0.416 e. The van der Waals surface area contributed by atoms with E-state index in [9.17, 15) is 18.0 Å². The van der Waals surface area contributed by atoms with Gasteiger partial charge in [0.1, 0.15) is 0 Å². The molecule has 3 rings (SSSR count). The number of nitrogens with zero attached hydrogens (tertiary/aromatic N) is 2. The number of nitriles is 1. The molecule has 2 aromatic carbocycles. The lowest BCUT2D eigenvalue weighted by molar-refractivity contribution is -0.138. The highest BCUT2D eigenvalue weighted by molar-refractivity contribution is 7.15. The Kier molecular flexibility index (Phi) is 5.68. The molecule has 9 heteroatoms. The number of carbonyl (C=O) groups is 1. The number of hydrogen-bond acceptors (Lipinski definition) is 4. The number of anilines is 1. The van der Waals surface area contributed by atoms with Crippen LogP contribution in [0.1, 0.15) is 31.9 Å². The van der Waals surface area contributed by atoms with Crippen LogP contribution in [0.2, 0.25) is 5.02 Å². The van der Waals surface area contributed by atoms with Crippen molar-refractivity contribution in [2.45, 2.75) is 12.6 Å². The van der Waals surface area contributed by atoms with Gasteiger partial charge in [-0.25, -0.2) is 4.98 Å². The van der Waals surface area contributed by atoms with Gasteiger partial charge in [0.05, 0.1) is 27.8 Å². The summed E-state index contributed by atoms with van der Waals surface area (Å²) in [6.45, 7) is 0. The van der Waals surface area contributed by atoms with Crippen molar-refractivity contribution in [2.24, 2.45) is 0 Å². The Morgan fingerprint density at radius 1 is 1.25 bits per heavy atom. The topological polar surface area (TPSA) is 65.8 Å². The minimum Gasteiger partial charge on any atom is -0.298 e. The standard InChI is InChI=1S/C19H11ClF3N3OS/c20-16-4-2-1-3-14(16)17(27)26-18-25-10-13(28-18)8-12-6-5-11(9-24)7-15(12)19(21,22)23/h1-7,10H,8H2,(H,25,26,27). The highest BCUT2D eigenvalue weighted by atomic mass is 35.5. The van der Waals surface area contributed by atoms with Gasteiger partial charge < -0.3 is 0 Å². The van der Waals surface area contributed by atoms with Gasteiger partial charge in [0.25, 0.3) is 5.91 Å². The van der Waals surface area contributed by atoms with Crippen molar-refractivity contribution in [3.05, 3.63) is 80.8 Å². The summed E-state index contributed by atoms with van der Waals surface area (Å²) < 4.78 is 39.8. The van der Waals surface area contributed by atoms with E-state index in [1.165, 1.54) is 18.3 Å². The van der Waals surface area contributed by atoms with Crippen LogP contribution in [0, 0.1) is 11.3 Å². The molecule has 1 amide bonds. The Bertz CT molecular complexity index is 1070. The van der Waals surface area contributed by atoms with Gasteiger partial charge in [-0.3, -0.25) is 10.1 Å². The zero-order valence-corrected chi connectivity index (χ0v) is 15.6. The fraction of sp³-hybridized carbons (Fsp3) is 0.105. The number of rotatable bonds is 4. The van der Waals surface area contributed by atoms with Gasteiger partial charge in [-0.05, 0) is 29.8 Å². The number of hydrogen-bond donors (Lipinski definition) is 1. The third-order valence-electron chi connectivity index (χ3n) is 3.80. The summed E-state index contributed by atoms with van der Waals surface area (Å²) in [6, 6.07) is 11.6. The van der Waals surface area contributed by atoms with Crippen molar-refractivity contribution in [2.75, 3.05) is 5.32 Å². The van der Waals surface area contributed by atoms with Crippen LogP contribution in [0.3, 0.4) is 0 Å². The van der Waals surface area contributed by atoms with Gasteiger partial charge in [-0.2, -0.15) is 18.4 Å². The SMILES string of the molecule is N#Cc1ccc(Cc2cnc(NC(=O)c3ccccc3Cl)s2)c(C(F)(F)F)c1. The minimum atomic E-state index is -4.58. The molecular formula is C19H11ClF3N3OS. The molecule has 3 aromatic rings. The number of amides is 1. The second-order valence-electron chi connectivity index (χ2n) is 5.72. The number of benzene rings is 2. The fourth-order valence-electron chi connectivity index (χ4n) is 2.51. The van der Waals surface area contributed by atoms with E-state index in [1.807, 2.05) is 0 Å². The molecule has 0 spiro atoms. The summed E-state index contributed by atoms with van der Waals surface area (Å²) in [7, 11) is 0. The van der Waals surface area contributed by atoms with E-state index in [2.05, 4.69) is 10.3 Å². The highest BCUT2D eigenvalue weighted by Crippen LogP contribution is 2.34. The third kappa shape index (κ3) is 4.50. The first-order valence-corrected chi connectivity index (χ1v) is 9.08. The second kappa shape index (κ2) is 8.00. The highest BCUT2D eigenvalue weighted by Gasteiger charge is 2.33. The molecular weight excluding hydrogens is 411 g/mol. The Labute approximate surface area is 167 Å². The molecule has 0 saturated carbocycles. The Balaban J connectivity index is 1.80. The zero-order chi connectivity index (χ0) is 20.3. The maximum absolute atomic E-state index is 13.3. The zero-order valence-electron chi connectivity index (χ0n) is 14.0. The van der Waals surface area contributed by atoms with E-state index in [0.29, 0.717) is 4.88 Å². The van der Waals surface area contributed by atoms with Gasteiger partial charge in [0.2, 0.25) is 0 Å². The van der Waals surface area contributed by atoms with Crippen molar-refractivity contribution < 1.29 is 18.0 Å². The average molecular weight is 422 g/mol. The van der Waals surface area contributed by atoms with Gasteiger partial charge in [-0.1, -0.05) is 29.8 Å². The maximum atomic E-state index is 13.3. The Hall–Kier alpha value is -2.89. The summed E-state index contributed by atoms with van der Waals surface area (Å²) in [5, 5.41) is 12.0. The lowest BCUT2D eigenvalue weighted by Gasteiger charge is -2.12. The minimum absolute atomic E-state index is 0.0270. The Morgan fingerprint density at radius 2 is 2.00 bits per heavy atom. The molecule has 0 radical (unpaired) electrons. The molecule has 0 aliphatic rings. The molecule has 0 aliphatic carbocycles. The molecule has 1 aromatic heterocycles. The van der Waals surface area contributed by atoms with Crippen LogP contribution in [0.15, 0.2) is 48.7 Å². The van der Waals surface area contributed by atoms with Crippen molar-refractivity contribution in [3.63, 3.8) is 0 Å². The molecule has 28 heavy (non-hydrogen) atoms. The first-order chi connectivity index (χ1) is 13.3. The first-order valence-electron chi connectivity index (χ1n) is 7.88. The molecule has 0 saturated heterocycles. The smallest absolute Gasteiger partial charge is 0.298 e. The van der Waals surface area contributed by atoms with Crippen LogP contribution >= 0.6 is 22.9 Å². The van der Waals surface area contributed by atoms with Crippen molar-refractivity contribution in [1.29, 1.82) is 5.26 Å². The molecule has 142 valence electrons. The van der Waals surface area contributed by atoms with Gasteiger partial charge >= 0.3 is 6.18 Å². The van der Waals surface area contributed by atoms with Crippen LogP contribution in [0.5, 0.6) is 0 Å². The molecule has 0 bridgehead atoms. The van der Waals surface area contributed by atoms with Gasteiger partial charge in [0, 0.05) is 17.5 Å². The van der Waals surface area contributed by atoms with E-state index >= 15 is 0 Å². The Morgan fingerprint density at radius 3 is 2.68 bits per heavy atom. The van der Waals surface area contributed by atoms with E-state index in [4.69, 9.17) is 16.9 Å². The van der Waals surface area contributed by atoms with E-state index in [0.717, 1.165) is 17.4 Å². The molecule has 0 atom stereocenters. The molecule has 1 N–H and O–H groups in total. The predicted octanol–water partition coefficient (Wildman–Crippen LogP) is 5.53. The molecule has 0 unspecified atom stereocenters. The molecule has 0 aliphatic heterocycles. The first kappa shape index (κ1) is 19.9. The fourth-order valence-corrected chi connectivity index (χ4v) is 3.56.